The molecule has 29 heavy (non-hydrogen) atoms. The van der Waals surface area contributed by atoms with Crippen LogP contribution in [0.25, 0.3) is 0 Å². The number of hydrogen-bond donors (Lipinski definition) is 0. The summed E-state index contributed by atoms with van der Waals surface area (Å²) in [4.78, 5) is 5.89. The lowest BCUT2D eigenvalue weighted by Gasteiger charge is -2.07. The highest BCUT2D eigenvalue weighted by Crippen LogP contribution is 2.27. The van der Waals surface area contributed by atoms with Crippen LogP contribution >= 0.6 is 11.8 Å². The van der Waals surface area contributed by atoms with Crippen molar-refractivity contribution in [2.75, 3.05) is 7.11 Å². The molecule has 0 aromatic heterocycles. The van der Waals surface area contributed by atoms with Crippen molar-refractivity contribution in [3.8, 4) is 11.5 Å². The Bertz CT molecular complexity index is 1010. The summed E-state index contributed by atoms with van der Waals surface area (Å²) >= 11 is 1.61. The van der Waals surface area contributed by atoms with Gasteiger partial charge in [0.15, 0.2) is 0 Å². The number of ether oxygens (including phenoxy) is 2. The van der Waals surface area contributed by atoms with Crippen molar-refractivity contribution in [3.63, 3.8) is 0 Å². The number of benzene rings is 3. The van der Waals surface area contributed by atoms with Gasteiger partial charge in [-0.05, 0) is 84.3 Å². The predicted molar refractivity (Wildman–Crippen MR) is 121 cm³/mol. The fourth-order valence-corrected chi connectivity index (χ4v) is 3.92. The van der Waals surface area contributed by atoms with Gasteiger partial charge in [0.2, 0.25) is 5.90 Å². The van der Waals surface area contributed by atoms with Gasteiger partial charge in [0.1, 0.15) is 11.5 Å². The monoisotopic (exact) mass is 401 g/mol. The van der Waals surface area contributed by atoms with E-state index in [9.17, 15) is 0 Å². The summed E-state index contributed by atoms with van der Waals surface area (Å²) in [7, 11) is 1.67. The smallest absolute Gasteiger partial charge is 0.220 e. The fourth-order valence-electron chi connectivity index (χ4n) is 3.28. The van der Waals surface area contributed by atoms with E-state index in [1.54, 1.807) is 18.9 Å². The van der Waals surface area contributed by atoms with Crippen LogP contribution in [0.2, 0.25) is 0 Å². The number of thioether (sulfide) groups is 1. The third-order valence-electron chi connectivity index (χ3n) is 4.76. The van der Waals surface area contributed by atoms with Crippen molar-refractivity contribution in [1.29, 1.82) is 0 Å². The molecule has 1 aliphatic rings. The van der Waals surface area contributed by atoms with Gasteiger partial charge in [-0.3, -0.25) is 0 Å². The minimum Gasteiger partial charge on any atom is -0.497 e. The second-order valence-corrected chi connectivity index (χ2v) is 7.75. The molecule has 0 unspecified atom stereocenters. The van der Waals surface area contributed by atoms with Crippen molar-refractivity contribution in [1.82, 2.24) is 0 Å². The Morgan fingerprint density at radius 2 is 1.69 bits per heavy atom. The quantitative estimate of drug-likeness (QED) is 0.265. The topological polar surface area (TPSA) is 30.8 Å². The van der Waals surface area contributed by atoms with E-state index in [4.69, 9.17) is 14.5 Å². The Morgan fingerprint density at radius 1 is 0.897 bits per heavy atom. The maximum Gasteiger partial charge on any atom is 0.220 e. The molecule has 1 aliphatic carbocycles. The minimum absolute atomic E-state index is 0.565. The van der Waals surface area contributed by atoms with Crippen LogP contribution in [0.15, 0.2) is 94.2 Å². The molecule has 3 aromatic rings. The predicted octanol–water partition coefficient (Wildman–Crippen LogP) is 6.60. The van der Waals surface area contributed by atoms with E-state index in [1.807, 2.05) is 66.1 Å². The van der Waals surface area contributed by atoms with E-state index in [0.29, 0.717) is 5.90 Å². The Labute approximate surface area is 176 Å². The standard InChI is InChI=1S/C25H23NO2S/c1-27-22-12-14-24(15-13-22)29-17-16-25(28-23-8-3-2-4-9-23)26-21-11-10-19-6-5-7-20(19)18-21/h2-4,8-18H,5-7H2,1H3. The lowest BCUT2D eigenvalue weighted by atomic mass is 10.1. The van der Waals surface area contributed by atoms with Gasteiger partial charge in [-0.1, -0.05) is 36.0 Å². The van der Waals surface area contributed by atoms with Gasteiger partial charge in [-0.15, -0.1) is 0 Å². The van der Waals surface area contributed by atoms with Gasteiger partial charge < -0.3 is 9.47 Å². The molecule has 0 saturated heterocycles. The molecule has 0 saturated carbocycles. The van der Waals surface area contributed by atoms with E-state index in [0.717, 1.165) is 28.5 Å². The average Bonchev–Trinajstić information content (AvgIpc) is 3.23. The molecule has 4 heteroatoms. The van der Waals surface area contributed by atoms with Crippen LogP contribution in [0.1, 0.15) is 17.5 Å². The van der Waals surface area contributed by atoms with Crippen molar-refractivity contribution >= 4 is 23.3 Å². The maximum atomic E-state index is 6.04. The van der Waals surface area contributed by atoms with Crippen LogP contribution in [0.4, 0.5) is 5.69 Å². The average molecular weight is 402 g/mol. The molecule has 0 N–H and O–H groups in total. The Kier molecular flexibility index (Phi) is 6.32. The zero-order chi connectivity index (χ0) is 19.9. The molecule has 3 nitrogen and oxygen atoms in total. The molecule has 0 bridgehead atoms. The molecule has 0 fully saturated rings. The van der Waals surface area contributed by atoms with Crippen LogP contribution in [-0.2, 0) is 12.8 Å². The number of hydrogen-bond acceptors (Lipinski definition) is 4. The lowest BCUT2D eigenvalue weighted by Crippen LogP contribution is -2.04. The van der Waals surface area contributed by atoms with Crippen LogP contribution in [-0.4, -0.2) is 13.0 Å². The zero-order valence-electron chi connectivity index (χ0n) is 16.4. The van der Waals surface area contributed by atoms with Crippen LogP contribution in [0, 0.1) is 0 Å². The number of aliphatic imine (C=N–C) groups is 1. The normalized spacial score (nSPS) is 13.5. The van der Waals surface area contributed by atoms with Crippen molar-refractivity contribution in [2.45, 2.75) is 24.2 Å². The second kappa shape index (κ2) is 9.48. The molecule has 0 radical (unpaired) electrons. The number of fused-ring (bicyclic) bond motifs is 1. The molecule has 0 spiro atoms. The molecule has 0 aliphatic heterocycles. The number of para-hydroxylation sites is 1. The lowest BCUT2D eigenvalue weighted by molar-refractivity contribution is 0.414. The third kappa shape index (κ3) is 5.30. The fraction of sp³-hybridized carbons (Fsp3) is 0.160. The first-order chi connectivity index (χ1) is 14.3. The van der Waals surface area contributed by atoms with Gasteiger partial charge in [0.25, 0.3) is 0 Å². The summed E-state index contributed by atoms with van der Waals surface area (Å²) in [5.41, 5.74) is 3.78. The molecular weight excluding hydrogens is 378 g/mol. The minimum atomic E-state index is 0.565. The Balaban J connectivity index is 1.54. The van der Waals surface area contributed by atoms with Crippen molar-refractivity contribution in [3.05, 3.63) is 95.4 Å². The number of rotatable bonds is 6. The van der Waals surface area contributed by atoms with Crippen LogP contribution < -0.4 is 9.47 Å². The summed E-state index contributed by atoms with van der Waals surface area (Å²) < 4.78 is 11.3. The summed E-state index contributed by atoms with van der Waals surface area (Å²) in [6.07, 6.45) is 5.45. The number of nitrogens with zero attached hydrogens (tertiary/aromatic N) is 1. The van der Waals surface area contributed by atoms with E-state index in [-0.39, 0.29) is 0 Å². The highest BCUT2D eigenvalue weighted by Gasteiger charge is 2.11. The number of methoxy groups -OCH3 is 1. The molecular formula is C25H23NO2S. The van der Waals surface area contributed by atoms with Crippen molar-refractivity contribution in [2.24, 2.45) is 4.99 Å². The summed E-state index contributed by atoms with van der Waals surface area (Å²) in [5.74, 6) is 2.19. The van der Waals surface area contributed by atoms with Gasteiger partial charge in [0.05, 0.1) is 12.8 Å². The van der Waals surface area contributed by atoms with Gasteiger partial charge in [0, 0.05) is 11.0 Å². The van der Waals surface area contributed by atoms with E-state index < -0.39 is 0 Å². The molecule has 0 amide bonds. The van der Waals surface area contributed by atoms with E-state index in [2.05, 4.69) is 18.2 Å². The molecule has 146 valence electrons. The first-order valence-electron chi connectivity index (χ1n) is 9.71. The second-order valence-electron chi connectivity index (χ2n) is 6.77. The van der Waals surface area contributed by atoms with Gasteiger partial charge in [-0.2, -0.15) is 0 Å². The molecule has 0 atom stereocenters. The highest BCUT2D eigenvalue weighted by atomic mass is 32.2. The summed E-state index contributed by atoms with van der Waals surface area (Å²) in [6, 6.07) is 24.2. The van der Waals surface area contributed by atoms with E-state index >= 15 is 0 Å². The molecule has 4 rings (SSSR count). The Hall–Kier alpha value is -2.98. The third-order valence-corrected chi connectivity index (χ3v) is 5.58. The van der Waals surface area contributed by atoms with Crippen LogP contribution in [0.3, 0.4) is 0 Å². The largest absolute Gasteiger partial charge is 0.497 e. The van der Waals surface area contributed by atoms with Crippen LogP contribution in [0.5, 0.6) is 11.5 Å². The van der Waals surface area contributed by atoms with E-state index in [1.165, 1.54) is 24.0 Å². The zero-order valence-corrected chi connectivity index (χ0v) is 17.2. The molecule has 3 aromatic carbocycles. The maximum absolute atomic E-state index is 6.04. The summed E-state index contributed by atoms with van der Waals surface area (Å²) in [5, 5.41) is 2.00. The first-order valence-corrected chi connectivity index (χ1v) is 10.6. The van der Waals surface area contributed by atoms with Gasteiger partial charge >= 0.3 is 0 Å². The SMILES string of the molecule is COc1ccc(SC=CC(=Nc2ccc3c(c2)CCC3)Oc2ccccc2)cc1. The Morgan fingerprint density at radius 3 is 2.48 bits per heavy atom. The highest BCUT2D eigenvalue weighted by molar-refractivity contribution is 8.02. The number of aryl methyl sites for hydroxylation is 2. The van der Waals surface area contributed by atoms with Crippen molar-refractivity contribution < 1.29 is 9.47 Å². The van der Waals surface area contributed by atoms with Gasteiger partial charge in [-0.25, -0.2) is 4.99 Å². The summed E-state index contributed by atoms with van der Waals surface area (Å²) in [6.45, 7) is 0. The first kappa shape index (κ1) is 19.3. The molecule has 0 heterocycles.